The molecule has 1 unspecified atom stereocenters. The van der Waals surface area contributed by atoms with Gasteiger partial charge in [-0.05, 0) is 38.5 Å². The van der Waals surface area contributed by atoms with Gasteiger partial charge in [0.1, 0.15) is 0 Å². The molecular weight excluding hydrogens is 240 g/mol. The van der Waals surface area contributed by atoms with Gasteiger partial charge in [-0.2, -0.15) is 0 Å². The fraction of sp³-hybridized carbons (Fsp3) is 0.933. The van der Waals surface area contributed by atoms with Crippen molar-refractivity contribution in [3.05, 3.63) is 0 Å². The lowest BCUT2D eigenvalue weighted by atomic mass is 9.96. The van der Waals surface area contributed by atoms with E-state index in [0.717, 1.165) is 26.0 Å². The van der Waals surface area contributed by atoms with E-state index in [2.05, 4.69) is 31.4 Å². The van der Waals surface area contributed by atoms with Gasteiger partial charge in [0.2, 0.25) is 5.91 Å². The number of hydrogen-bond donors (Lipinski definition) is 2. The zero-order valence-electron chi connectivity index (χ0n) is 13.1. The van der Waals surface area contributed by atoms with Crippen LogP contribution in [-0.4, -0.2) is 37.2 Å². The number of amides is 1. The van der Waals surface area contributed by atoms with E-state index >= 15 is 0 Å². The molecule has 0 aromatic rings. The quantitative estimate of drug-likeness (QED) is 0.804. The zero-order valence-corrected chi connectivity index (χ0v) is 13.1. The average molecular weight is 270 g/mol. The molecule has 1 saturated heterocycles. The van der Waals surface area contributed by atoms with Crippen LogP contribution in [0.2, 0.25) is 0 Å². The fourth-order valence-corrected chi connectivity index (χ4v) is 1.98. The maximum absolute atomic E-state index is 12.2. The van der Waals surface area contributed by atoms with Crippen LogP contribution >= 0.6 is 0 Å². The normalized spacial score (nSPS) is 21.2. The minimum Gasteiger partial charge on any atom is -0.377 e. The van der Waals surface area contributed by atoms with E-state index in [1.807, 2.05) is 13.8 Å². The first-order chi connectivity index (χ1) is 8.71. The summed E-state index contributed by atoms with van der Waals surface area (Å²) in [6.07, 6.45) is 3.73. The molecule has 4 nitrogen and oxygen atoms in total. The highest BCUT2D eigenvalue weighted by Gasteiger charge is 2.29. The largest absolute Gasteiger partial charge is 0.377 e. The standard InChI is InChI=1S/C15H30N2O2/c1-14(2,3)11-16-13(18)15(4,5)17-10-12-8-6-7-9-19-12/h12,17H,6-11H2,1-5H3,(H,16,18). The molecule has 0 bridgehead atoms. The highest BCUT2D eigenvalue weighted by molar-refractivity contribution is 5.85. The van der Waals surface area contributed by atoms with Crippen molar-refractivity contribution in [1.82, 2.24) is 10.6 Å². The molecule has 1 aliphatic heterocycles. The van der Waals surface area contributed by atoms with Crippen LogP contribution in [0.15, 0.2) is 0 Å². The van der Waals surface area contributed by atoms with Gasteiger partial charge >= 0.3 is 0 Å². The number of nitrogens with one attached hydrogen (secondary N) is 2. The smallest absolute Gasteiger partial charge is 0.239 e. The van der Waals surface area contributed by atoms with Crippen molar-refractivity contribution in [3.8, 4) is 0 Å². The van der Waals surface area contributed by atoms with Gasteiger partial charge in [0.25, 0.3) is 0 Å². The Kier molecular flexibility index (Phi) is 5.81. The lowest BCUT2D eigenvalue weighted by Crippen LogP contribution is -2.55. The van der Waals surface area contributed by atoms with Crippen LogP contribution < -0.4 is 10.6 Å². The fourth-order valence-electron chi connectivity index (χ4n) is 1.98. The zero-order chi connectivity index (χ0) is 14.5. The van der Waals surface area contributed by atoms with Gasteiger partial charge in [-0.1, -0.05) is 20.8 Å². The summed E-state index contributed by atoms with van der Waals surface area (Å²) >= 11 is 0. The third-order valence-corrected chi connectivity index (χ3v) is 3.39. The van der Waals surface area contributed by atoms with E-state index in [0.29, 0.717) is 6.54 Å². The second-order valence-corrected chi connectivity index (χ2v) is 7.24. The maximum atomic E-state index is 12.2. The number of carbonyl (C=O) groups excluding carboxylic acids is 1. The second-order valence-electron chi connectivity index (χ2n) is 7.24. The van der Waals surface area contributed by atoms with Crippen molar-refractivity contribution < 1.29 is 9.53 Å². The average Bonchev–Trinajstić information content (AvgIpc) is 2.34. The SMILES string of the molecule is CC(C)(C)CNC(=O)C(C)(C)NCC1CCCCO1. The minimum atomic E-state index is -0.550. The van der Waals surface area contributed by atoms with Crippen molar-refractivity contribution in [3.63, 3.8) is 0 Å². The molecule has 1 heterocycles. The molecule has 0 saturated carbocycles. The van der Waals surface area contributed by atoms with Crippen LogP contribution in [0.5, 0.6) is 0 Å². The molecule has 1 amide bonds. The Morgan fingerprint density at radius 1 is 1.21 bits per heavy atom. The highest BCUT2D eigenvalue weighted by atomic mass is 16.5. The Labute approximate surface area is 117 Å². The van der Waals surface area contributed by atoms with Crippen molar-refractivity contribution in [2.45, 2.75) is 65.5 Å². The maximum Gasteiger partial charge on any atom is 0.239 e. The molecule has 1 atom stereocenters. The summed E-state index contributed by atoms with van der Waals surface area (Å²) in [4.78, 5) is 12.2. The van der Waals surface area contributed by atoms with Crippen molar-refractivity contribution in [2.75, 3.05) is 19.7 Å². The summed E-state index contributed by atoms with van der Waals surface area (Å²) in [6, 6.07) is 0. The Balaban J connectivity index is 2.34. The summed E-state index contributed by atoms with van der Waals surface area (Å²) < 4.78 is 5.67. The summed E-state index contributed by atoms with van der Waals surface area (Å²) in [5.74, 6) is 0.0539. The molecule has 0 spiro atoms. The summed E-state index contributed by atoms with van der Waals surface area (Å²) in [6.45, 7) is 12.5. The molecule has 2 N–H and O–H groups in total. The van der Waals surface area contributed by atoms with Crippen LogP contribution in [0.3, 0.4) is 0 Å². The molecular formula is C15H30N2O2. The first-order valence-corrected chi connectivity index (χ1v) is 7.36. The van der Waals surface area contributed by atoms with Crippen LogP contribution in [0.25, 0.3) is 0 Å². The topological polar surface area (TPSA) is 50.4 Å². The van der Waals surface area contributed by atoms with Gasteiger partial charge in [-0.3, -0.25) is 4.79 Å². The van der Waals surface area contributed by atoms with E-state index in [4.69, 9.17) is 4.74 Å². The molecule has 4 heteroatoms. The predicted octanol–water partition coefficient (Wildman–Crippen LogP) is 2.09. The Morgan fingerprint density at radius 2 is 1.89 bits per heavy atom. The van der Waals surface area contributed by atoms with Crippen LogP contribution in [0.4, 0.5) is 0 Å². The van der Waals surface area contributed by atoms with Crippen LogP contribution in [-0.2, 0) is 9.53 Å². The van der Waals surface area contributed by atoms with Gasteiger partial charge < -0.3 is 15.4 Å². The lowest BCUT2D eigenvalue weighted by Gasteiger charge is -2.31. The lowest BCUT2D eigenvalue weighted by molar-refractivity contribution is -0.127. The highest BCUT2D eigenvalue weighted by Crippen LogP contribution is 2.14. The van der Waals surface area contributed by atoms with Crippen LogP contribution in [0.1, 0.15) is 53.9 Å². The van der Waals surface area contributed by atoms with E-state index < -0.39 is 5.54 Å². The number of ether oxygens (including phenoxy) is 1. The van der Waals surface area contributed by atoms with Gasteiger partial charge in [0.15, 0.2) is 0 Å². The molecule has 19 heavy (non-hydrogen) atoms. The number of carbonyl (C=O) groups is 1. The van der Waals surface area contributed by atoms with E-state index in [-0.39, 0.29) is 17.4 Å². The number of hydrogen-bond acceptors (Lipinski definition) is 3. The predicted molar refractivity (Wildman–Crippen MR) is 78.1 cm³/mol. The van der Waals surface area contributed by atoms with Gasteiger partial charge in [0.05, 0.1) is 11.6 Å². The molecule has 0 aromatic heterocycles. The van der Waals surface area contributed by atoms with E-state index in [1.165, 1.54) is 6.42 Å². The van der Waals surface area contributed by atoms with Crippen molar-refractivity contribution in [1.29, 1.82) is 0 Å². The second kappa shape index (κ2) is 6.71. The van der Waals surface area contributed by atoms with Crippen molar-refractivity contribution >= 4 is 5.91 Å². The Morgan fingerprint density at radius 3 is 2.42 bits per heavy atom. The van der Waals surface area contributed by atoms with E-state index in [1.54, 1.807) is 0 Å². The summed E-state index contributed by atoms with van der Waals surface area (Å²) in [5.41, 5.74) is -0.440. The third kappa shape index (κ3) is 6.39. The number of rotatable bonds is 5. The Bertz CT molecular complexity index is 289. The molecule has 0 aromatic carbocycles. The summed E-state index contributed by atoms with van der Waals surface area (Å²) in [5, 5.41) is 6.34. The van der Waals surface area contributed by atoms with Gasteiger partial charge in [-0.25, -0.2) is 0 Å². The molecule has 0 radical (unpaired) electrons. The monoisotopic (exact) mass is 270 g/mol. The van der Waals surface area contributed by atoms with Crippen molar-refractivity contribution in [2.24, 2.45) is 5.41 Å². The molecule has 1 aliphatic rings. The third-order valence-electron chi connectivity index (χ3n) is 3.39. The Hall–Kier alpha value is -0.610. The van der Waals surface area contributed by atoms with E-state index in [9.17, 15) is 4.79 Å². The first-order valence-electron chi connectivity index (χ1n) is 7.36. The first kappa shape index (κ1) is 16.4. The van der Waals surface area contributed by atoms with Gasteiger partial charge in [-0.15, -0.1) is 0 Å². The molecule has 1 fully saturated rings. The molecule has 0 aliphatic carbocycles. The summed E-state index contributed by atoms with van der Waals surface area (Å²) in [7, 11) is 0. The molecule has 1 rings (SSSR count). The van der Waals surface area contributed by atoms with Gasteiger partial charge in [0, 0.05) is 19.7 Å². The minimum absolute atomic E-state index is 0.0539. The molecule has 112 valence electrons. The van der Waals surface area contributed by atoms with Crippen LogP contribution in [0, 0.1) is 5.41 Å².